The molecule has 0 aliphatic rings. The summed E-state index contributed by atoms with van der Waals surface area (Å²) in [5.41, 5.74) is 5.17. The average Bonchev–Trinajstić information content (AvgIpc) is 3.50. The van der Waals surface area contributed by atoms with Crippen molar-refractivity contribution in [2.24, 2.45) is 5.10 Å². The van der Waals surface area contributed by atoms with Crippen LogP contribution in [-0.2, 0) is 4.79 Å². The molecule has 0 spiro atoms. The van der Waals surface area contributed by atoms with Crippen molar-refractivity contribution in [2.45, 2.75) is 5.16 Å². The molecular formula is C34H29N5O4S. The Labute approximate surface area is 258 Å². The van der Waals surface area contributed by atoms with Gasteiger partial charge in [0.05, 0.1) is 33.3 Å². The van der Waals surface area contributed by atoms with Crippen molar-refractivity contribution in [3.05, 3.63) is 103 Å². The Hall–Kier alpha value is -5.35. The van der Waals surface area contributed by atoms with Gasteiger partial charge in [-0.2, -0.15) is 5.10 Å². The molecule has 1 heterocycles. The van der Waals surface area contributed by atoms with Crippen LogP contribution >= 0.6 is 11.8 Å². The molecule has 1 aromatic heterocycles. The molecule has 6 aromatic rings. The number of para-hydroxylation sites is 1. The molecule has 220 valence electrons. The number of hydrazone groups is 1. The molecule has 44 heavy (non-hydrogen) atoms. The number of nitrogens with one attached hydrogen (secondary N) is 1. The molecule has 0 saturated carbocycles. The predicted octanol–water partition coefficient (Wildman–Crippen LogP) is 6.51. The Morgan fingerprint density at radius 1 is 0.818 bits per heavy atom. The molecule has 6 rings (SSSR count). The minimum Gasteiger partial charge on any atom is -0.493 e. The van der Waals surface area contributed by atoms with Gasteiger partial charge in [-0.25, -0.2) is 5.43 Å². The summed E-state index contributed by atoms with van der Waals surface area (Å²) in [6, 6.07) is 31.8. The van der Waals surface area contributed by atoms with Gasteiger partial charge in [-0.05, 0) is 51.9 Å². The van der Waals surface area contributed by atoms with Crippen molar-refractivity contribution < 1.29 is 19.0 Å². The minimum absolute atomic E-state index is 0.0772. The Bertz CT molecular complexity index is 1910. The molecule has 5 aromatic carbocycles. The van der Waals surface area contributed by atoms with E-state index in [4.69, 9.17) is 14.2 Å². The standard InChI is InChI=1S/C34H29N5O4S/c1-41-29-18-24(19-30(42-2)32(29)43-3)33-37-38-34(39(33)25-13-5-4-6-14-25)44-21-31(40)36-35-20-28-26-15-9-7-11-22(26)17-23-12-8-10-16-27(23)28/h4-20H,21H2,1-3H3,(H,36,40). The molecule has 1 N–H and O–H groups in total. The van der Waals surface area contributed by atoms with Crippen LogP contribution < -0.4 is 19.6 Å². The van der Waals surface area contributed by atoms with Gasteiger partial charge >= 0.3 is 0 Å². The fraction of sp³-hybridized carbons (Fsp3) is 0.118. The van der Waals surface area contributed by atoms with E-state index in [-0.39, 0.29) is 11.7 Å². The maximum absolute atomic E-state index is 12.9. The molecule has 0 unspecified atom stereocenters. The zero-order chi connectivity index (χ0) is 30.5. The normalized spacial score (nSPS) is 11.2. The van der Waals surface area contributed by atoms with Crippen molar-refractivity contribution >= 4 is 45.4 Å². The van der Waals surface area contributed by atoms with Gasteiger partial charge in [-0.15, -0.1) is 10.2 Å². The second-order valence-corrected chi connectivity index (χ2v) is 10.6. The van der Waals surface area contributed by atoms with Gasteiger partial charge < -0.3 is 14.2 Å². The van der Waals surface area contributed by atoms with Crippen LogP contribution in [0.3, 0.4) is 0 Å². The molecule has 0 atom stereocenters. The number of aromatic nitrogens is 3. The summed E-state index contributed by atoms with van der Waals surface area (Å²) in [5, 5.41) is 18.1. The fourth-order valence-corrected chi connectivity index (χ4v) is 5.83. The minimum atomic E-state index is -0.271. The number of fused-ring (bicyclic) bond motifs is 2. The third-order valence-corrected chi connectivity index (χ3v) is 8.03. The van der Waals surface area contributed by atoms with E-state index in [1.54, 1.807) is 27.5 Å². The van der Waals surface area contributed by atoms with E-state index in [1.807, 2.05) is 71.3 Å². The number of rotatable bonds is 10. The lowest BCUT2D eigenvalue weighted by Gasteiger charge is -2.15. The number of amides is 1. The number of hydrogen-bond acceptors (Lipinski definition) is 8. The summed E-state index contributed by atoms with van der Waals surface area (Å²) >= 11 is 1.26. The van der Waals surface area contributed by atoms with Gasteiger partial charge in [0.25, 0.3) is 5.91 Å². The Balaban J connectivity index is 1.26. The second-order valence-electron chi connectivity index (χ2n) is 9.71. The summed E-state index contributed by atoms with van der Waals surface area (Å²) < 4.78 is 18.5. The van der Waals surface area contributed by atoms with E-state index < -0.39 is 0 Å². The number of hydrogen-bond donors (Lipinski definition) is 1. The summed E-state index contributed by atoms with van der Waals surface area (Å²) in [6.07, 6.45) is 1.71. The first kappa shape index (κ1) is 28.8. The van der Waals surface area contributed by atoms with E-state index >= 15 is 0 Å². The third kappa shape index (κ3) is 5.67. The van der Waals surface area contributed by atoms with Gasteiger partial charge in [0, 0.05) is 16.8 Å². The molecule has 10 heteroatoms. The van der Waals surface area contributed by atoms with Crippen LogP contribution in [0.5, 0.6) is 17.2 Å². The van der Waals surface area contributed by atoms with Crippen molar-refractivity contribution in [3.63, 3.8) is 0 Å². The maximum Gasteiger partial charge on any atom is 0.250 e. The van der Waals surface area contributed by atoms with Gasteiger partial charge in [-0.3, -0.25) is 9.36 Å². The third-order valence-electron chi connectivity index (χ3n) is 7.10. The highest BCUT2D eigenvalue weighted by atomic mass is 32.2. The van der Waals surface area contributed by atoms with Crippen LogP contribution in [0.25, 0.3) is 38.6 Å². The summed E-state index contributed by atoms with van der Waals surface area (Å²) in [6.45, 7) is 0. The molecule has 0 saturated heterocycles. The van der Waals surface area contributed by atoms with Gasteiger partial charge in [0.15, 0.2) is 22.5 Å². The summed E-state index contributed by atoms with van der Waals surface area (Å²) in [7, 11) is 4.68. The number of methoxy groups -OCH3 is 3. The first-order chi connectivity index (χ1) is 21.6. The van der Waals surface area contributed by atoms with Crippen molar-refractivity contribution in [1.82, 2.24) is 20.2 Å². The second kappa shape index (κ2) is 12.9. The molecule has 9 nitrogen and oxygen atoms in total. The SMILES string of the molecule is COc1cc(-c2nnc(SCC(=O)NN=Cc3c4ccccc4cc4ccccc34)n2-c2ccccc2)cc(OC)c1OC. The number of nitrogens with zero attached hydrogens (tertiary/aromatic N) is 4. The van der Waals surface area contributed by atoms with Crippen LogP contribution in [0.1, 0.15) is 5.56 Å². The monoisotopic (exact) mass is 603 g/mol. The number of thioether (sulfide) groups is 1. The molecule has 1 amide bonds. The van der Waals surface area contributed by atoms with Crippen molar-refractivity contribution in [1.29, 1.82) is 0 Å². The molecule has 0 aliphatic carbocycles. The smallest absolute Gasteiger partial charge is 0.250 e. The zero-order valence-electron chi connectivity index (χ0n) is 24.4. The van der Waals surface area contributed by atoms with E-state index in [0.29, 0.717) is 33.8 Å². The van der Waals surface area contributed by atoms with E-state index in [9.17, 15) is 4.79 Å². The van der Waals surface area contributed by atoms with Crippen LogP contribution in [0.15, 0.2) is 107 Å². The number of ether oxygens (including phenoxy) is 3. The van der Waals surface area contributed by atoms with Crippen LogP contribution in [0, 0.1) is 0 Å². The van der Waals surface area contributed by atoms with Crippen molar-refractivity contribution in [3.8, 4) is 34.3 Å². The number of carbonyl (C=O) groups is 1. The lowest BCUT2D eigenvalue weighted by molar-refractivity contribution is -0.118. The van der Waals surface area contributed by atoms with Gasteiger partial charge in [-0.1, -0.05) is 78.5 Å². The molecule has 0 radical (unpaired) electrons. The Kier molecular flexibility index (Phi) is 8.42. The van der Waals surface area contributed by atoms with Crippen molar-refractivity contribution in [2.75, 3.05) is 27.1 Å². The topological polar surface area (TPSA) is 99.9 Å². The van der Waals surface area contributed by atoms with E-state index in [0.717, 1.165) is 32.8 Å². The molecule has 0 bridgehead atoms. The van der Waals surface area contributed by atoms with Crippen LogP contribution in [-0.4, -0.2) is 54.0 Å². The highest BCUT2D eigenvalue weighted by Crippen LogP contribution is 2.41. The Morgan fingerprint density at radius 2 is 1.43 bits per heavy atom. The summed E-state index contributed by atoms with van der Waals surface area (Å²) in [5.74, 6) is 1.83. The largest absolute Gasteiger partial charge is 0.493 e. The maximum atomic E-state index is 12.9. The molecule has 0 fully saturated rings. The van der Waals surface area contributed by atoms with E-state index in [1.165, 1.54) is 11.8 Å². The molecule has 0 aliphatic heterocycles. The lowest BCUT2D eigenvalue weighted by atomic mass is 9.97. The average molecular weight is 604 g/mol. The van der Waals surface area contributed by atoms with Gasteiger partial charge in [0.2, 0.25) is 5.75 Å². The summed E-state index contributed by atoms with van der Waals surface area (Å²) in [4.78, 5) is 12.9. The number of benzene rings is 5. The van der Waals surface area contributed by atoms with Crippen LogP contribution in [0.4, 0.5) is 0 Å². The number of carbonyl (C=O) groups excluding carboxylic acids is 1. The quantitative estimate of drug-likeness (QED) is 0.0825. The predicted molar refractivity (Wildman–Crippen MR) is 174 cm³/mol. The van der Waals surface area contributed by atoms with E-state index in [2.05, 4.69) is 51.1 Å². The lowest BCUT2D eigenvalue weighted by Crippen LogP contribution is -2.20. The van der Waals surface area contributed by atoms with Crippen LogP contribution in [0.2, 0.25) is 0 Å². The first-order valence-electron chi connectivity index (χ1n) is 13.8. The highest BCUT2D eigenvalue weighted by molar-refractivity contribution is 7.99. The van der Waals surface area contributed by atoms with Gasteiger partial charge in [0.1, 0.15) is 0 Å². The first-order valence-corrected chi connectivity index (χ1v) is 14.8. The Morgan fingerprint density at radius 3 is 2.05 bits per heavy atom. The molecular weight excluding hydrogens is 574 g/mol. The fourth-order valence-electron chi connectivity index (χ4n) is 5.09. The zero-order valence-corrected chi connectivity index (χ0v) is 25.2. The highest BCUT2D eigenvalue weighted by Gasteiger charge is 2.21.